The Morgan fingerprint density at radius 1 is 0.288 bits per heavy atom. The highest BCUT2D eigenvalue weighted by Gasteiger charge is 2.02. The van der Waals surface area contributed by atoms with Crippen molar-refractivity contribution in [1.82, 2.24) is 19.9 Å². The molecule has 5 heterocycles. The minimum absolute atomic E-state index is 0.322. The number of aromatic hydroxyl groups is 4. The highest BCUT2D eigenvalue weighted by Crippen LogP contribution is 2.17. The molecule has 0 fully saturated rings. The molecular weight excluding hydrogens is 649 g/mol. The number of hydrogen-bond acceptors (Lipinski definition) is 6. The molecule has 2 aliphatic rings. The van der Waals surface area contributed by atoms with Gasteiger partial charge < -0.3 is 30.4 Å². The summed E-state index contributed by atoms with van der Waals surface area (Å²) >= 11 is 0. The monoisotopic (exact) mass is 686 g/mol. The van der Waals surface area contributed by atoms with Gasteiger partial charge in [-0.05, 0) is 121 Å². The van der Waals surface area contributed by atoms with E-state index >= 15 is 0 Å². The summed E-state index contributed by atoms with van der Waals surface area (Å²) in [4.78, 5) is 16.0. The van der Waals surface area contributed by atoms with Crippen molar-refractivity contribution in [2.24, 2.45) is 0 Å². The third-order valence-electron chi connectivity index (χ3n) is 7.07. The SMILES string of the molecule is C1=Cc2cc3ccc(cc4ccc(cc5nc(cc1n2)C=C5)[nH]4)[nH]3.Oc1ccccc1.Oc1ccccc1.Oc1ccccc1.Oc1ccccc1. The molecule has 0 radical (unpaired) electrons. The first-order valence-electron chi connectivity index (χ1n) is 16.4. The van der Waals surface area contributed by atoms with Crippen LogP contribution in [0.15, 0.2) is 170 Å². The van der Waals surface area contributed by atoms with E-state index in [1.165, 1.54) is 0 Å². The van der Waals surface area contributed by atoms with Gasteiger partial charge in [-0.1, -0.05) is 72.8 Å². The molecule has 3 aromatic heterocycles. The van der Waals surface area contributed by atoms with Crippen LogP contribution < -0.4 is 0 Å². The largest absolute Gasteiger partial charge is 0.508 e. The number of H-pyrrole nitrogens is 2. The standard InChI is InChI=1S/C20H14N4.4C6H6O/c1-2-14-10-16-5-6-18(23-16)12-20-8-7-19(24-20)11-17-4-3-15(22-17)9-13(1)21-14;4*7-6-4-2-1-3-5-6/h1-12,21-22H;4*1-5,7H. The fraction of sp³-hybridized carbons (Fsp3) is 0. The quantitative estimate of drug-likeness (QED) is 0.0939. The fourth-order valence-corrected chi connectivity index (χ4v) is 4.66. The summed E-state index contributed by atoms with van der Waals surface area (Å²) in [5.74, 6) is 1.29. The molecule has 9 rings (SSSR count). The van der Waals surface area contributed by atoms with E-state index in [9.17, 15) is 0 Å². The second-order valence-electron chi connectivity index (χ2n) is 11.2. The Morgan fingerprint density at radius 2 is 0.538 bits per heavy atom. The zero-order valence-electron chi connectivity index (χ0n) is 28.2. The average molecular weight is 687 g/mol. The number of aromatic nitrogens is 4. The summed E-state index contributed by atoms with van der Waals surface area (Å²) in [6, 6.07) is 51.3. The van der Waals surface area contributed by atoms with Crippen LogP contribution in [-0.2, 0) is 0 Å². The number of rotatable bonds is 0. The predicted octanol–water partition coefficient (Wildman–Crippen LogP) is 10.2. The molecule has 6 N–H and O–H groups in total. The summed E-state index contributed by atoms with van der Waals surface area (Å²) in [5, 5.41) is 34.5. The van der Waals surface area contributed by atoms with Crippen LogP contribution >= 0.6 is 0 Å². The predicted molar refractivity (Wildman–Crippen MR) is 211 cm³/mol. The molecule has 0 saturated carbocycles. The Kier molecular flexibility index (Phi) is 13.2. The van der Waals surface area contributed by atoms with E-state index in [1.807, 2.05) is 66.8 Å². The second-order valence-corrected chi connectivity index (χ2v) is 11.2. The number of hydrogen-bond donors (Lipinski definition) is 6. The maximum absolute atomic E-state index is 8.63. The van der Waals surface area contributed by atoms with Crippen LogP contribution in [0.1, 0.15) is 22.8 Å². The molecule has 2 aliphatic heterocycles. The molecule has 4 aromatic carbocycles. The van der Waals surface area contributed by atoms with Crippen molar-refractivity contribution in [3.8, 4) is 23.0 Å². The van der Waals surface area contributed by atoms with Crippen LogP contribution in [0.2, 0.25) is 0 Å². The van der Waals surface area contributed by atoms with Crippen LogP contribution in [-0.4, -0.2) is 40.4 Å². The highest BCUT2D eigenvalue weighted by atomic mass is 16.3. The lowest BCUT2D eigenvalue weighted by molar-refractivity contribution is 0.475. The van der Waals surface area contributed by atoms with E-state index in [2.05, 4.69) is 50.3 Å². The van der Waals surface area contributed by atoms with Crippen molar-refractivity contribution in [1.29, 1.82) is 0 Å². The van der Waals surface area contributed by atoms with Crippen molar-refractivity contribution in [3.05, 3.63) is 193 Å². The Balaban J connectivity index is 0.000000151. The number of phenols is 4. The number of benzene rings is 4. The van der Waals surface area contributed by atoms with E-state index in [0.717, 1.165) is 44.8 Å². The van der Waals surface area contributed by atoms with Crippen LogP contribution in [0.4, 0.5) is 0 Å². The lowest BCUT2D eigenvalue weighted by atomic mass is 10.3. The maximum atomic E-state index is 8.63. The van der Waals surface area contributed by atoms with E-state index < -0.39 is 0 Å². The van der Waals surface area contributed by atoms with Crippen LogP contribution in [0.5, 0.6) is 23.0 Å². The van der Waals surface area contributed by atoms with Crippen molar-refractivity contribution < 1.29 is 20.4 Å². The topological polar surface area (TPSA) is 138 Å². The van der Waals surface area contributed by atoms with Gasteiger partial charge in [0.05, 0.1) is 22.8 Å². The highest BCUT2D eigenvalue weighted by molar-refractivity contribution is 5.77. The molecule has 0 atom stereocenters. The Hall–Kier alpha value is -7.32. The van der Waals surface area contributed by atoms with Gasteiger partial charge in [-0.15, -0.1) is 0 Å². The first kappa shape index (κ1) is 36.0. The third-order valence-corrected chi connectivity index (χ3v) is 7.07. The molecule has 0 unspecified atom stereocenters. The number of fused-ring (bicyclic) bond motifs is 8. The summed E-state index contributed by atoms with van der Waals surface area (Å²) in [5.41, 5.74) is 7.86. The molecule has 0 spiro atoms. The van der Waals surface area contributed by atoms with E-state index in [4.69, 9.17) is 20.4 Å². The van der Waals surface area contributed by atoms with Crippen LogP contribution in [0, 0.1) is 0 Å². The van der Waals surface area contributed by atoms with Gasteiger partial charge in [-0.25, -0.2) is 9.97 Å². The van der Waals surface area contributed by atoms with Gasteiger partial charge in [0.2, 0.25) is 0 Å². The smallest absolute Gasteiger partial charge is 0.115 e. The molecule has 8 heteroatoms. The average Bonchev–Trinajstić information content (AvgIpc) is 3.98. The lowest BCUT2D eigenvalue weighted by Crippen LogP contribution is -1.77. The Bertz CT molecular complexity index is 2100. The Morgan fingerprint density at radius 3 is 0.788 bits per heavy atom. The molecule has 0 amide bonds. The second kappa shape index (κ2) is 19.0. The van der Waals surface area contributed by atoms with Gasteiger partial charge in [0, 0.05) is 22.1 Å². The van der Waals surface area contributed by atoms with E-state index in [1.54, 1.807) is 97.1 Å². The molecule has 7 aromatic rings. The molecule has 8 bridgehead atoms. The zero-order valence-corrected chi connectivity index (χ0v) is 28.2. The minimum atomic E-state index is 0.322. The first-order valence-corrected chi connectivity index (χ1v) is 16.4. The van der Waals surface area contributed by atoms with Gasteiger partial charge in [0.25, 0.3) is 0 Å². The summed E-state index contributed by atoms with van der Waals surface area (Å²) in [6.45, 7) is 0. The number of nitrogens with zero attached hydrogens (tertiary/aromatic N) is 2. The van der Waals surface area contributed by atoms with Crippen molar-refractivity contribution >= 4 is 46.4 Å². The molecular formula is C44H38N4O4. The van der Waals surface area contributed by atoms with Crippen molar-refractivity contribution in [3.63, 3.8) is 0 Å². The molecule has 52 heavy (non-hydrogen) atoms. The number of para-hydroxylation sites is 4. The van der Waals surface area contributed by atoms with Crippen molar-refractivity contribution in [2.75, 3.05) is 0 Å². The van der Waals surface area contributed by atoms with E-state index in [-0.39, 0.29) is 0 Å². The van der Waals surface area contributed by atoms with Gasteiger partial charge in [-0.3, -0.25) is 0 Å². The van der Waals surface area contributed by atoms with Gasteiger partial charge in [0.1, 0.15) is 23.0 Å². The maximum Gasteiger partial charge on any atom is 0.115 e. The molecule has 8 nitrogen and oxygen atoms in total. The Labute approximate surface area is 301 Å². The van der Waals surface area contributed by atoms with Gasteiger partial charge in [0.15, 0.2) is 0 Å². The summed E-state index contributed by atoms with van der Waals surface area (Å²) in [6.07, 6.45) is 8.05. The molecule has 0 aliphatic carbocycles. The van der Waals surface area contributed by atoms with Gasteiger partial charge in [-0.2, -0.15) is 0 Å². The summed E-state index contributed by atoms with van der Waals surface area (Å²) < 4.78 is 0. The fourth-order valence-electron chi connectivity index (χ4n) is 4.66. The molecule has 0 saturated heterocycles. The van der Waals surface area contributed by atoms with E-state index in [0.29, 0.717) is 23.0 Å². The zero-order chi connectivity index (χ0) is 36.4. The first-order chi connectivity index (χ1) is 25.4. The summed E-state index contributed by atoms with van der Waals surface area (Å²) in [7, 11) is 0. The number of phenolic OH excluding ortho intramolecular Hbond substituents is 4. The molecule has 258 valence electrons. The normalized spacial score (nSPS) is 10.5. The van der Waals surface area contributed by atoms with Crippen molar-refractivity contribution in [2.45, 2.75) is 0 Å². The number of nitrogens with one attached hydrogen (secondary N) is 2. The third kappa shape index (κ3) is 12.6. The lowest BCUT2D eigenvalue weighted by Gasteiger charge is -1.86. The van der Waals surface area contributed by atoms with Crippen LogP contribution in [0.3, 0.4) is 0 Å². The van der Waals surface area contributed by atoms with Gasteiger partial charge >= 0.3 is 0 Å². The number of aromatic amines is 2. The van der Waals surface area contributed by atoms with Crippen LogP contribution in [0.25, 0.3) is 46.4 Å². The minimum Gasteiger partial charge on any atom is -0.508 e.